The molecule has 8 heteroatoms. The molecule has 1 aliphatic rings. The van der Waals surface area contributed by atoms with Crippen molar-refractivity contribution in [1.82, 2.24) is 4.98 Å². The van der Waals surface area contributed by atoms with Crippen LogP contribution < -0.4 is 24.8 Å². The number of methoxy groups -OCH3 is 3. The Morgan fingerprint density at radius 1 is 0.897 bits per heavy atom. The Balaban J connectivity index is 1.58. The Labute approximate surface area is 230 Å². The summed E-state index contributed by atoms with van der Waals surface area (Å²) in [6.45, 7) is 0.619. The molecule has 196 valence electrons. The van der Waals surface area contributed by atoms with Crippen LogP contribution in [0, 0.1) is 0 Å². The zero-order valence-corrected chi connectivity index (χ0v) is 22.7. The number of nitrogens with two attached hydrogens (primary N) is 1. The lowest BCUT2D eigenvalue weighted by Gasteiger charge is -2.17. The number of ether oxygens (including phenoxy) is 3. The first-order valence-corrected chi connectivity index (χ1v) is 13.3. The Hall–Kier alpha value is -4.56. The van der Waals surface area contributed by atoms with Crippen molar-refractivity contribution in [3.8, 4) is 39.6 Å². The van der Waals surface area contributed by atoms with E-state index in [-0.39, 0.29) is 5.91 Å². The number of carbonyl (C=O) groups excluding carboxylic acids is 1. The van der Waals surface area contributed by atoms with Crippen molar-refractivity contribution in [3.63, 3.8) is 0 Å². The molecule has 0 saturated heterocycles. The van der Waals surface area contributed by atoms with Crippen LogP contribution in [0.3, 0.4) is 0 Å². The molecule has 0 atom stereocenters. The summed E-state index contributed by atoms with van der Waals surface area (Å²) in [7, 11) is 4.74. The number of amides is 1. The zero-order chi connectivity index (χ0) is 27.1. The smallest absolute Gasteiger partial charge is 0.270 e. The third-order valence-electron chi connectivity index (χ3n) is 7.07. The van der Waals surface area contributed by atoms with E-state index in [4.69, 9.17) is 24.9 Å². The van der Waals surface area contributed by atoms with E-state index >= 15 is 0 Å². The van der Waals surface area contributed by atoms with Gasteiger partial charge in [0.05, 0.1) is 32.7 Å². The average Bonchev–Trinajstić information content (AvgIpc) is 3.57. The summed E-state index contributed by atoms with van der Waals surface area (Å²) in [4.78, 5) is 21.8. The number of pyridine rings is 1. The Morgan fingerprint density at radius 2 is 1.59 bits per heavy atom. The number of aromatic nitrogens is 1. The highest BCUT2D eigenvalue weighted by Gasteiger charge is 2.30. The minimum absolute atomic E-state index is 0.113. The van der Waals surface area contributed by atoms with Crippen molar-refractivity contribution < 1.29 is 19.0 Å². The summed E-state index contributed by atoms with van der Waals surface area (Å²) < 4.78 is 16.8. The maximum absolute atomic E-state index is 13.9. The van der Waals surface area contributed by atoms with Gasteiger partial charge in [0.25, 0.3) is 5.91 Å². The van der Waals surface area contributed by atoms with Crippen molar-refractivity contribution in [3.05, 3.63) is 83.2 Å². The van der Waals surface area contributed by atoms with Gasteiger partial charge in [-0.1, -0.05) is 48.5 Å². The normalized spacial score (nSPS) is 12.4. The quantitative estimate of drug-likeness (QED) is 0.268. The molecule has 0 unspecified atom stereocenters. The van der Waals surface area contributed by atoms with Crippen molar-refractivity contribution in [2.45, 2.75) is 6.42 Å². The van der Waals surface area contributed by atoms with Crippen LogP contribution in [0.15, 0.2) is 72.8 Å². The Kier molecular flexibility index (Phi) is 6.32. The first-order chi connectivity index (χ1) is 19.0. The first kappa shape index (κ1) is 24.8. The monoisotopic (exact) mass is 537 g/mol. The molecule has 6 rings (SSSR count). The molecule has 5 aromatic rings. The molecule has 1 aliphatic heterocycles. The minimum atomic E-state index is -0.113. The molecule has 0 aliphatic carbocycles. The fourth-order valence-corrected chi connectivity index (χ4v) is 6.24. The Morgan fingerprint density at radius 3 is 2.28 bits per heavy atom. The summed E-state index contributed by atoms with van der Waals surface area (Å²) in [5, 5.41) is 0.727. The second-order valence-electron chi connectivity index (χ2n) is 9.20. The van der Waals surface area contributed by atoms with E-state index < -0.39 is 0 Å². The van der Waals surface area contributed by atoms with Gasteiger partial charge in [-0.25, -0.2) is 4.98 Å². The standard InChI is InChI=1S/C31H27N3O4S/c1-36-24-15-20(16-25(37-2)28(24)38-3)21-17-22(18-9-5-4-6-10-18)33-30-26(21)27(32)29(39-30)31(35)34-14-13-19-11-7-8-12-23(19)34/h4-12,15-17H,13-14,32H2,1-3H3. The van der Waals surface area contributed by atoms with Gasteiger partial charge in [0.15, 0.2) is 11.5 Å². The molecule has 0 radical (unpaired) electrons. The van der Waals surface area contributed by atoms with Gasteiger partial charge in [-0.05, 0) is 47.4 Å². The van der Waals surface area contributed by atoms with Gasteiger partial charge in [-0.3, -0.25) is 4.79 Å². The summed E-state index contributed by atoms with van der Waals surface area (Å²) in [5.41, 5.74) is 12.7. The van der Waals surface area contributed by atoms with Crippen molar-refractivity contribution >= 4 is 38.8 Å². The highest BCUT2D eigenvalue weighted by atomic mass is 32.1. The lowest BCUT2D eigenvalue weighted by molar-refractivity contribution is 0.0994. The predicted octanol–water partition coefficient (Wildman–Crippen LogP) is 6.44. The number of benzene rings is 3. The molecule has 0 spiro atoms. The average molecular weight is 538 g/mol. The molecule has 1 amide bonds. The van der Waals surface area contributed by atoms with Crippen molar-refractivity contribution in [2.75, 3.05) is 38.5 Å². The van der Waals surface area contributed by atoms with Crippen LogP contribution in [-0.2, 0) is 6.42 Å². The van der Waals surface area contributed by atoms with Gasteiger partial charge >= 0.3 is 0 Å². The van der Waals surface area contributed by atoms with E-state index in [1.165, 1.54) is 11.3 Å². The third kappa shape index (κ3) is 4.13. The highest BCUT2D eigenvalue weighted by molar-refractivity contribution is 7.21. The topological polar surface area (TPSA) is 86.9 Å². The number of anilines is 2. The summed E-state index contributed by atoms with van der Waals surface area (Å²) in [5.74, 6) is 1.44. The van der Waals surface area contributed by atoms with E-state index in [1.54, 1.807) is 21.3 Å². The number of hydrogen-bond donors (Lipinski definition) is 1. The second-order valence-corrected chi connectivity index (χ2v) is 10.2. The number of carbonyl (C=O) groups is 1. The maximum Gasteiger partial charge on any atom is 0.270 e. The maximum atomic E-state index is 13.9. The molecule has 2 N–H and O–H groups in total. The van der Waals surface area contributed by atoms with Gasteiger partial charge in [0, 0.05) is 23.2 Å². The van der Waals surface area contributed by atoms with Crippen molar-refractivity contribution in [2.24, 2.45) is 0 Å². The lowest BCUT2D eigenvalue weighted by Crippen LogP contribution is -2.28. The van der Waals surface area contributed by atoms with E-state index in [0.717, 1.165) is 45.4 Å². The molecule has 2 aromatic heterocycles. The van der Waals surface area contributed by atoms with Gasteiger partial charge in [-0.2, -0.15) is 0 Å². The van der Waals surface area contributed by atoms with Gasteiger partial charge in [0.2, 0.25) is 5.75 Å². The first-order valence-electron chi connectivity index (χ1n) is 12.5. The summed E-state index contributed by atoms with van der Waals surface area (Å²) >= 11 is 1.32. The molecular weight excluding hydrogens is 510 g/mol. The number of hydrogen-bond acceptors (Lipinski definition) is 7. The molecule has 3 aromatic carbocycles. The molecule has 39 heavy (non-hydrogen) atoms. The molecule has 0 bridgehead atoms. The summed E-state index contributed by atoms with van der Waals surface area (Å²) in [6.07, 6.45) is 0.819. The minimum Gasteiger partial charge on any atom is -0.493 e. The SMILES string of the molecule is COc1cc(-c2cc(-c3ccccc3)nc3sc(C(=O)N4CCc5ccccc54)c(N)c23)cc(OC)c1OC. The molecule has 0 saturated carbocycles. The van der Waals surface area contributed by atoms with E-state index in [9.17, 15) is 4.79 Å². The largest absolute Gasteiger partial charge is 0.493 e. The van der Waals surface area contributed by atoms with Gasteiger partial charge in [-0.15, -0.1) is 11.3 Å². The highest BCUT2D eigenvalue weighted by Crippen LogP contribution is 2.46. The molecular formula is C31H27N3O4S. The van der Waals surface area contributed by atoms with Gasteiger partial charge in [0.1, 0.15) is 9.71 Å². The third-order valence-corrected chi connectivity index (χ3v) is 8.16. The second kappa shape index (κ2) is 9.96. The summed E-state index contributed by atoms with van der Waals surface area (Å²) in [6, 6.07) is 23.7. The Bertz CT molecular complexity index is 1690. The van der Waals surface area contributed by atoms with Crippen LogP contribution in [-0.4, -0.2) is 38.8 Å². The number of fused-ring (bicyclic) bond motifs is 2. The molecule has 7 nitrogen and oxygen atoms in total. The lowest BCUT2D eigenvalue weighted by atomic mass is 9.98. The van der Waals surface area contributed by atoms with Crippen LogP contribution in [0.1, 0.15) is 15.2 Å². The number of para-hydroxylation sites is 1. The fourth-order valence-electron chi connectivity index (χ4n) is 5.17. The van der Waals surface area contributed by atoms with Crippen molar-refractivity contribution in [1.29, 1.82) is 0 Å². The van der Waals surface area contributed by atoms with Gasteiger partial charge < -0.3 is 24.8 Å². The van der Waals surface area contributed by atoms with Crippen LogP contribution in [0.25, 0.3) is 32.6 Å². The van der Waals surface area contributed by atoms with Crippen LogP contribution >= 0.6 is 11.3 Å². The zero-order valence-electron chi connectivity index (χ0n) is 21.9. The fraction of sp³-hybridized carbons (Fsp3) is 0.161. The van der Waals surface area contributed by atoms with Crippen LogP contribution in [0.4, 0.5) is 11.4 Å². The molecule has 0 fully saturated rings. The number of thiophene rings is 1. The predicted molar refractivity (Wildman–Crippen MR) is 156 cm³/mol. The van der Waals surface area contributed by atoms with E-state index in [2.05, 4.69) is 6.07 Å². The number of nitrogens with zero attached hydrogens (tertiary/aromatic N) is 2. The number of nitrogen functional groups attached to an aromatic ring is 1. The number of rotatable bonds is 6. The van der Waals surface area contributed by atoms with Crippen LogP contribution in [0.5, 0.6) is 17.2 Å². The van der Waals surface area contributed by atoms with E-state index in [0.29, 0.717) is 39.2 Å². The van der Waals surface area contributed by atoms with E-state index in [1.807, 2.05) is 71.6 Å². The molecule has 3 heterocycles. The van der Waals surface area contributed by atoms with Crippen LogP contribution in [0.2, 0.25) is 0 Å².